The van der Waals surface area contributed by atoms with Crippen LogP contribution in [0.15, 0.2) is 72.8 Å². The third-order valence-electron chi connectivity index (χ3n) is 3.59. The van der Waals surface area contributed by atoms with Gasteiger partial charge in [0.25, 0.3) is 0 Å². The van der Waals surface area contributed by atoms with Gasteiger partial charge in [-0.25, -0.2) is 0 Å². The normalized spacial score (nSPS) is 12.5. The average Bonchev–Trinajstić information content (AvgIpc) is 2.67. The van der Waals surface area contributed by atoms with E-state index < -0.39 is 21.6 Å². The summed E-state index contributed by atoms with van der Waals surface area (Å²) >= 11 is 6.19. The molecule has 6 heteroatoms. The van der Waals surface area contributed by atoms with Gasteiger partial charge in [-0.05, 0) is 28.0 Å². The fourth-order valence-corrected chi connectivity index (χ4v) is 2.86. The Labute approximate surface area is 167 Å². The lowest BCUT2D eigenvalue weighted by Gasteiger charge is -2.06. The first-order chi connectivity index (χ1) is 12.4. The van der Waals surface area contributed by atoms with Gasteiger partial charge in [0, 0.05) is 0 Å². The average molecular weight is 480 g/mol. The highest BCUT2D eigenvalue weighted by Crippen LogP contribution is 2.26. The summed E-state index contributed by atoms with van der Waals surface area (Å²) in [7, 11) is 0. The monoisotopic (exact) mass is 478 g/mol. The summed E-state index contributed by atoms with van der Waals surface area (Å²) in [6.07, 6.45) is 0. The third-order valence-corrected chi connectivity index (χ3v) is 5.43. The summed E-state index contributed by atoms with van der Waals surface area (Å²) in [4.78, 5) is 20.0. The number of carboxylic acids is 2. The summed E-state index contributed by atoms with van der Waals surface area (Å²) in [5.41, 5.74) is 1.53. The molecule has 0 aliphatic carbocycles. The van der Waals surface area contributed by atoms with E-state index in [0.717, 1.165) is 21.9 Å². The van der Waals surface area contributed by atoms with E-state index in [4.69, 9.17) is 10.2 Å². The van der Waals surface area contributed by atoms with Gasteiger partial charge in [-0.3, -0.25) is 9.59 Å². The maximum Gasteiger partial charge on any atom is 0.321 e. The lowest BCUT2D eigenvalue weighted by molar-refractivity contribution is -0.137. The summed E-state index contributed by atoms with van der Waals surface area (Å²) < 4.78 is 0. The molecule has 0 aliphatic rings. The van der Waals surface area contributed by atoms with Crippen molar-refractivity contribution in [1.82, 2.24) is 0 Å². The molecule has 4 nitrogen and oxygen atoms in total. The molecular weight excluding hydrogens is 464 g/mol. The number of hydrogen-bond acceptors (Lipinski definition) is 2. The van der Waals surface area contributed by atoms with E-state index in [2.05, 4.69) is 31.9 Å². The Hall–Kier alpha value is -2.18. The molecule has 26 heavy (non-hydrogen) atoms. The van der Waals surface area contributed by atoms with Crippen molar-refractivity contribution in [3.05, 3.63) is 83.9 Å². The molecular formula is C20H16Br2O4. The number of halogens is 2. The molecule has 0 spiro atoms. The largest absolute Gasteiger partial charge is 0.480 e. The number of fused-ring (bicyclic) bond motifs is 1. The molecule has 0 saturated carbocycles. The van der Waals surface area contributed by atoms with E-state index in [1.54, 1.807) is 12.1 Å². The molecule has 0 heterocycles. The Balaban J connectivity index is 0.000000197. The summed E-state index contributed by atoms with van der Waals surface area (Å²) in [6.45, 7) is 0. The first-order valence-corrected chi connectivity index (χ1v) is 9.50. The maximum absolute atomic E-state index is 10.8. The predicted molar refractivity (Wildman–Crippen MR) is 109 cm³/mol. The quantitative estimate of drug-likeness (QED) is 0.480. The van der Waals surface area contributed by atoms with Crippen molar-refractivity contribution in [1.29, 1.82) is 0 Å². The van der Waals surface area contributed by atoms with E-state index in [9.17, 15) is 9.59 Å². The molecule has 0 saturated heterocycles. The van der Waals surface area contributed by atoms with Crippen molar-refractivity contribution in [2.45, 2.75) is 9.65 Å². The predicted octanol–water partition coefficient (Wildman–Crippen LogP) is 5.57. The van der Waals surface area contributed by atoms with Gasteiger partial charge < -0.3 is 10.2 Å². The zero-order valence-corrected chi connectivity index (χ0v) is 16.7. The lowest BCUT2D eigenvalue weighted by atomic mass is 10.1. The van der Waals surface area contributed by atoms with E-state index >= 15 is 0 Å². The molecule has 0 bridgehead atoms. The number of hydrogen-bond donors (Lipinski definition) is 2. The van der Waals surface area contributed by atoms with Crippen LogP contribution < -0.4 is 0 Å². The molecule has 3 aromatic rings. The van der Waals surface area contributed by atoms with Crippen LogP contribution in [0.3, 0.4) is 0 Å². The molecule has 0 radical (unpaired) electrons. The molecule has 3 rings (SSSR count). The van der Waals surface area contributed by atoms with Gasteiger partial charge in [-0.1, -0.05) is 98.6 Å². The minimum absolute atomic E-state index is 0.594. The Kier molecular flexibility index (Phi) is 7.36. The van der Waals surface area contributed by atoms with Crippen LogP contribution in [0.5, 0.6) is 0 Å². The maximum atomic E-state index is 10.8. The standard InChI is InChI=1S/C12H9BrO2.C8H7BrO2/c13-11(12(14)15)10-6-5-8-3-1-2-4-9(8)7-10;9-7(8(10)11)6-4-2-1-3-5-6/h1-7,11H,(H,14,15);1-5,7H,(H,10,11). The van der Waals surface area contributed by atoms with Crippen LogP contribution in [0.1, 0.15) is 20.8 Å². The first kappa shape index (κ1) is 20.1. The topological polar surface area (TPSA) is 74.6 Å². The number of alkyl halides is 2. The van der Waals surface area contributed by atoms with Crippen molar-refractivity contribution in [3.63, 3.8) is 0 Å². The second-order valence-electron chi connectivity index (χ2n) is 5.42. The number of benzene rings is 3. The minimum Gasteiger partial charge on any atom is -0.480 e. The molecule has 0 aromatic heterocycles. The van der Waals surface area contributed by atoms with Crippen molar-refractivity contribution in [2.75, 3.05) is 0 Å². The van der Waals surface area contributed by atoms with E-state index in [1.807, 2.05) is 60.7 Å². The molecule has 0 fully saturated rings. The SMILES string of the molecule is O=C(O)C(Br)c1ccc2ccccc2c1.O=C(O)C(Br)c1ccccc1. The highest BCUT2D eigenvalue weighted by atomic mass is 79.9. The van der Waals surface area contributed by atoms with Crippen molar-refractivity contribution in [3.8, 4) is 0 Å². The lowest BCUT2D eigenvalue weighted by Crippen LogP contribution is -2.03. The van der Waals surface area contributed by atoms with Gasteiger partial charge in [-0.15, -0.1) is 0 Å². The highest BCUT2D eigenvalue weighted by molar-refractivity contribution is 9.09. The van der Waals surface area contributed by atoms with Crippen LogP contribution in [0.2, 0.25) is 0 Å². The Bertz CT molecular complexity index is 896. The van der Waals surface area contributed by atoms with Gasteiger partial charge in [0.05, 0.1) is 0 Å². The van der Waals surface area contributed by atoms with Crippen LogP contribution in [0, 0.1) is 0 Å². The summed E-state index contributed by atoms with van der Waals surface area (Å²) in [5, 5.41) is 19.6. The number of carboxylic acid groups (broad SMARTS) is 2. The highest BCUT2D eigenvalue weighted by Gasteiger charge is 2.15. The first-order valence-electron chi connectivity index (χ1n) is 7.67. The fraction of sp³-hybridized carbons (Fsp3) is 0.100. The van der Waals surface area contributed by atoms with Crippen molar-refractivity contribution in [2.24, 2.45) is 0 Å². The fourth-order valence-electron chi connectivity index (χ4n) is 2.27. The van der Waals surface area contributed by atoms with Gasteiger partial charge in [0.15, 0.2) is 0 Å². The number of rotatable bonds is 4. The molecule has 134 valence electrons. The third kappa shape index (κ3) is 5.41. The van der Waals surface area contributed by atoms with E-state index in [-0.39, 0.29) is 0 Å². The minimum atomic E-state index is -0.870. The number of carbonyl (C=O) groups is 2. The molecule has 2 unspecified atom stereocenters. The molecule has 2 atom stereocenters. The van der Waals surface area contributed by atoms with Crippen LogP contribution in [0.25, 0.3) is 10.8 Å². The smallest absolute Gasteiger partial charge is 0.321 e. The summed E-state index contributed by atoms with van der Waals surface area (Å²) in [5.74, 6) is -1.73. The van der Waals surface area contributed by atoms with Gasteiger partial charge in [0.1, 0.15) is 9.65 Å². The second kappa shape index (κ2) is 9.50. The zero-order chi connectivity index (χ0) is 19.1. The van der Waals surface area contributed by atoms with Crippen molar-refractivity contribution < 1.29 is 19.8 Å². The molecule has 2 N–H and O–H groups in total. The zero-order valence-electron chi connectivity index (χ0n) is 13.5. The molecule has 3 aromatic carbocycles. The van der Waals surface area contributed by atoms with Gasteiger partial charge >= 0.3 is 11.9 Å². The number of aliphatic carboxylic acids is 2. The van der Waals surface area contributed by atoms with Crippen molar-refractivity contribution >= 4 is 54.6 Å². The van der Waals surface area contributed by atoms with Crippen LogP contribution in [0.4, 0.5) is 0 Å². The van der Waals surface area contributed by atoms with E-state index in [0.29, 0.717) is 0 Å². The Morgan fingerprint density at radius 3 is 1.73 bits per heavy atom. The molecule has 0 aliphatic heterocycles. The van der Waals surface area contributed by atoms with Crippen LogP contribution in [-0.4, -0.2) is 22.2 Å². The van der Waals surface area contributed by atoms with Gasteiger partial charge in [0.2, 0.25) is 0 Å². The Morgan fingerprint density at radius 2 is 1.15 bits per heavy atom. The van der Waals surface area contributed by atoms with Crippen LogP contribution in [-0.2, 0) is 9.59 Å². The Morgan fingerprint density at radius 1 is 0.654 bits per heavy atom. The molecule has 0 amide bonds. The van der Waals surface area contributed by atoms with Crippen LogP contribution >= 0.6 is 31.9 Å². The second-order valence-corrected chi connectivity index (χ2v) is 7.25. The van der Waals surface area contributed by atoms with E-state index in [1.165, 1.54) is 0 Å². The van der Waals surface area contributed by atoms with Gasteiger partial charge in [-0.2, -0.15) is 0 Å². The summed E-state index contributed by atoms with van der Waals surface area (Å²) in [6, 6.07) is 22.6.